The monoisotopic (exact) mass is 435 g/mol. The Morgan fingerprint density at radius 2 is 1.75 bits per heavy atom. The topological polar surface area (TPSA) is 69.6 Å². The van der Waals surface area contributed by atoms with E-state index in [0.29, 0.717) is 29.3 Å². The normalized spacial score (nSPS) is 11.2. The van der Waals surface area contributed by atoms with Crippen LogP contribution >= 0.6 is 0 Å². The second-order valence-electron chi connectivity index (χ2n) is 7.68. The van der Waals surface area contributed by atoms with Gasteiger partial charge in [0.25, 0.3) is 0 Å². The van der Waals surface area contributed by atoms with E-state index in [4.69, 9.17) is 10.5 Å². The van der Waals surface area contributed by atoms with Crippen LogP contribution in [0.1, 0.15) is 38.4 Å². The summed E-state index contributed by atoms with van der Waals surface area (Å²) in [5.41, 5.74) is 9.66. The van der Waals surface area contributed by atoms with Gasteiger partial charge in [0.05, 0.1) is 11.3 Å². The average Bonchev–Trinajstić information content (AvgIpc) is 3.09. The number of carbonyl (C=O) groups excluding carboxylic acids is 1. The number of Topliss-reactive ketones (excluding diaryl/α,β-unsaturated/α-hetero) is 1. The molecule has 7 heteroatoms. The van der Waals surface area contributed by atoms with Crippen LogP contribution in [0.15, 0.2) is 54.7 Å². The summed E-state index contributed by atoms with van der Waals surface area (Å²) in [5.74, 6) is -1.12. The molecule has 0 fully saturated rings. The van der Waals surface area contributed by atoms with Gasteiger partial charge in [0.1, 0.15) is 23.9 Å². The standard InChI is InChI=1S/C25H23F2N3O2/c1-15-10-23(32-14-19-20(26)8-5-9-21(19)27)25-29-16(2)24(30(25)13-15)22(31)11-17-6-3-4-7-18(17)12-28/h3-10,13H,11-12,14,28H2,1-2H3. The number of ketones is 1. The van der Waals surface area contributed by atoms with Gasteiger partial charge < -0.3 is 10.5 Å². The molecular formula is C25H23F2N3O2. The molecule has 0 spiro atoms. The van der Waals surface area contributed by atoms with Crippen LogP contribution in [0.4, 0.5) is 8.78 Å². The molecule has 164 valence electrons. The maximum Gasteiger partial charge on any atom is 0.185 e. The predicted molar refractivity (Wildman–Crippen MR) is 118 cm³/mol. The maximum atomic E-state index is 14.0. The Hall–Kier alpha value is -3.58. The smallest absolute Gasteiger partial charge is 0.185 e. The molecule has 4 aromatic rings. The predicted octanol–water partition coefficient (Wildman–Crippen LogP) is 4.69. The molecule has 2 aromatic carbocycles. The van der Waals surface area contributed by atoms with Gasteiger partial charge in [-0.15, -0.1) is 0 Å². The van der Waals surface area contributed by atoms with Crippen molar-refractivity contribution >= 4 is 11.4 Å². The van der Waals surface area contributed by atoms with Crippen molar-refractivity contribution in [2.45, 2.75) is 33.4 Å². The van der Waals surface area contributed by atoms with E-state index >= 15 is 0 Å². The number of pyridine rings is 1. The lowest BCUT2D eigenvalue weighted by Crippen LogP contribution is -2.12. The van der Waals surface area contributed by atoms with E-state index in [1.165, 1.54) is 18.2 Å². The third-order valence-electron chi connectivity index (χ3n) is 5.38. The van der Waals surface area contributed by atoms with E-state index in [0.717, 1.165) is 16.7 Å². The van der Waals surface area contributed by atoms with Crippen LogP contribution in [0, 0.1) is 25.5 Å². The number of aryl methyl sites for hydroxylation is 2. The first kappa shape index (κ1) is 21.6. The zero-order valence-corrected chi connectivity index (χ0v) is 17.9. The summed E-state index contributed by atoms with van der Waals surface area (Å²) < 4.78 is 35.4. The molecule has 0 radical (unpaired) electrons. The van der Waals surface area contributed by atoms with E-state index in [-0.39, 0.29) is 24.4 Å². The number of nitrogens with two attached hydrogens (primary N) is 1. The number of nitrogens with zero attached hydrogens (tertiary/aromatic N) is 2. The van der Waals surface area contributed by atoms with Crippen LogP contribution in [-0.4, -0.2) is 15.2 Å². The van der Waals surface area contributed by atoms with Crippen molar-refractivity contribution in [1.29, 1.82) is 0 Å². The Balaban J connectivity index is 1.69. The molecule has 2 N–H and O–H groups in total. The minimum absolute atomic E-state index is 0.104. The van der Waals surface area contributed by atoms with Crippen LogP contribution in [0.2, 0.25) is 0 Å². The minimum atomic E-state index is -0.678. The molecule has 0 atom stereocenters. The lowest BCUT2D eigenvalue weighted by molar-refractivity contribution is 0.0986. The lowest BCUT2D eigenvalue weighted by atomic mass is 10.0. The van der Waals surface area contributed by atoms with Crippen LogP contribution < -0.4 is 10.5 Å². The number of aromatic nitrogens is 2. The zero-order valence-electron chi connectivity index (χ0n) is 17.9. The maximum absolute atomic E-state index is 14.0. The summed E-state index contributed by atoms with van der Waals surface area (Å²) in [6, 6.07) is 13.0. The van der Waals surface area contributed by atoms with Crippen molar-refractivity contribution in [3.63, 3.8) is 0 Å². The summed E-state index contributed by atoms with van der Waals surface area (Å²) in [6.45, 7) is 3.66. The van der Waals surface area contributed by atoms with Crippen molar-refractivity contribution in [3.8, 4) is 5.75 Å². The van der Waals surface area contributed by atoms with Gasteiger partial charge in [-0.1, -0.05) is 30.3 Å². The van der Waals surface area contributed by atoms with Gasteiger partial charge in [0.15, 0.2) is 17.2 Å². The molecule has 2 heterocycles. The fourth-order valence-electron chi connectivity index (χ4n) is 3.81. The molecule has 2 aromatic heterocycles. The van der Waals surface area contributed by atoms with Gasteiger partial charge in [-0.3, -0.25) is 9.20 Å². The highest BCUT2D eigenvalue weighted by Gasteiger charge is 2.21. The summed E-state index contributed by atoms with van der Waals surface area (Å²) in [4.78, 5) is 17.7. The first-order valence-electron chi connectivity index (χ1n) is 10.2. The molecule has 0 saturated carbocycles. The lowest BCUT2D eigenvalue weighted by Gasteiger charge is -2.11. The Labute approximate surface area is 184 Å². The Morgan fingerprint density at radius 3 is 2.44 bits per heavy atom. The van der Waals surface area contributed by atoms with Crippen molar-refractivity contribution in [2.24, 2.45) is 5.73 Å². The Kier molecular flexibility index (Phi) is 6.01. The molecule has 0 aliphatic heterocycles. The first-order chi connectivity index (χ1) is 15.4. The Bertz CT molecular complexity index is 1290. The van der Waals surface area contributed by atoms with Crippen LogP contribution in [-0.2, 0) is 19.6 Å². The van der Waals surface area contributed by atoms with Crippen LogP contribution in [0.3, 0.4) is 0 Å². The molecule has 0 aliphatic rings. The van der Waals surface area contributed by atoms with Gasteiger partial charge in [-0.2, -0.15) is 0 Å². The average molecular weight is 435 g/mol. The number of carbonyl (C=O) groups is 1. The molecule has 32 heavy (non-hydrogen) atoms. The number of ether oxygens (including phenoxy) is 1. The van der Waals surface area contributed by atoms with Crippen molar-refractivity contribution in [3.05, 3.63) is 100 Å². The second-order valence-corrected chi connectivity index (χ2v) is 7.68. The van der Waals surface area contributed by atoms with Gasteiger partial charge in [-0.25, -0.2) is 13.8 Å². The van der Waals surface area contributed by atoms with Gasteiger partial charge >= 0.3 is 0 Å². The highest BCUT2D eigenvalue weighted by Crippen LogP contribution is 2.27. The largest absolute Gasteiger partial charge is 0.485 e. The molecule has 0 bridgehead atoms. The molecule has 0 saturated heterocycles. The third-order valence-corrected chi connectivity index (χ3v) is 5.38. The molecule has 4 rings (SSSR count). The van der Waals surface area contributed by atoms with E-state index in [1.54, 1.807) is 23.6 Å². The number of imidazole rings is 1. The Morgan fingerprint density at radius 1 is 1.06 bits per heavy atom. The molecule has 0 unspecified atom stereocenters. The van der Waals surface area contributed by atoms with Crippen molar-refractivity contribution < 1.29 is 18.3 Å². The summed E-state index contributed by atoms with van der Waals surface area (Å²) in [7, 11) is 0. The SMILES string of the molecule is Cc1cc(OCc2c(F)cccc2F)c2nc(C)c(C(=O)Cc3ccccc3CN)n2c1. The number of fused-ring (bicyclic) bond motifs is 1. The number of hydrogen-bond acceptors (Lipinski definition) is 4. The summed E-state index contributed by atoms with van der Waals surface area (Å²) in [6.07, 6.45) is 1.99. The summed E-state index contributed by atoms with van der Waals surface area (Å²) >= 11 is 0. The van der Waals surface area contributed by atoms with Crippen molar-refractivity contribution in [2.75, 3.05) is 0 Å². The number of benzene rings is 2. The fraction of sp³-hybridized carbons (Fsp3) is 0.200. The number of rotatable bonds is 7. The number of hydrogen-bond donors (Lipinski definition) is 1. The van der Waals surface area contributed by atoms with Crippen molar-refractivity contribution in [1.82, 2.24) is 9.38 Å². The second kappa shape index (κ2) is 8.88. The van der Waals surface area contributed by atoms with E-state index < -0.39 is 11.6 Å². The third kappa shape index (κ3) is 4.11. The summed E-state index contributed by atoms with van der Waals surface area (Å²) in [5, 5.41) is 0. The number of halogens is 2. The molecule has 5 nitrogen and oxygen atoms in total. The molecule has 0 amide bonds. The van der Waals surface area contributed by atoms with Crippen LogP contribution in [0.5, 0.6) is 5.75 Å². The van der Waals surface area contributed by atoms with E-state index in [1.807, 2.05) is 31.2 Å². The molecule has 0 aliphatic carbocycles. The highest BCUT2D eigenvalue weighted by atomic mass is 19.1. The minimum Gasteiger partial charge on any atom is -0.485 e. The van der Waals surface area contributed by atoms with Gasteiger partial charge in [-0.05, 0) is 48.7 Å². The zero-order chi connectivity index (χ0) is 22.8. The van der Waals surface area contributed by atoms with Crippen LogP contribution in [0.25, 0.3) is 5.65 Å². The molecular weight excluding hydrogens is 412 g/mol. The van der Waals surface area contributed by atoms with Gasteiger partial charge in [0.2, 0.25) is 0 Å². The quantitative estimate of drug-likeness (QED) is 0.428. The first-order valence-corrected chi connectivity index (χ1v) is 10.2. The highest BCUT2D eigenvalue weighted by molar-refractivity contribution is 5.98. The fourth-order valence-corrected chi connectivity index (χ4v) is 3.81. The van der Waals surface area contributed by atoms with E-state index in [9.17, 15) is 13.6 Å². The van der Waals surface area contributed by atoms with E-state index in [2.05, 4.69) is 4.98 Å². The van der Waals surface area contributed by atoms with Gasteiger partial charge in [0, 0.05) is 19.2 Å².